The van der Waals surface area contributed by atoms with E-state index >= 15 is 0 Å². The van der Waals surface area contributed by atoms with Crippen LogP contribution in [0.25, 0.3) is 11.1 Å². The highest BCUT2D eigenvalue weighted by Gasteiger charge is 2.29. The topological polar surface area (TPSA) is 78.7 Å². The van der Waals surface area contributed by atoms with Gasteiger partial charge in [-0.25, -0.2) is 4.98 Å². The molecule has 34 heavy (non-hydrogen) atoms. The normalized spacial score (nSPS) is 16.6. The van der Waals surface area contributed by atoms with Crippen LogP contribution in [0, 0.1) is 5.92 Å². The fourth-order valence-electron chi connectivity index (χ4n) is 4.55. The van der Waals surface area contributed by atoms with E-state index in [9.17, 15) is 9.59 Å². The molecule has 2 aromatic carbocycles. The van der Waals surface area contributed by atoms with E-state index in [1.54, 1.807) is 0 Å². The molecule has 7 heteroatoms. The number of piperidine rings is 1. The Kier molecular flexibility index (Phi) is 6.26. The van der Waals surface area contributed by atoms with Gasteiger partial charge in [-0.15, -0.1) is 0 Å². The first-order valence-electron chi connectivity index (χ1n) is 12.2. The average Bonchev–Trinajstić information content (AvgIpc) is 3.61. The molecule has 7 nitrogen and oxygen atoms in total. The van der Waals surface area contributed by atoms with Gasteiger partial charge in [0.05, 0.1) is 0 Å². The first-order chi connectivity index (χ1) is 16.5. The van der Waals surface area contributed by atoms with Crippen LogP contribution >= 0.6 is 0 Å². The van der Waals surface area contributed by atoms with E-state index < -0.39 is 0 Å². The Morgan fingerprint density at radius 3 is 2.47 bits per heavy atom. The van der Waals surface area contributed by atoms with E-state index in [2.05, 4.69) is 27.3 Å². The van der Waals surface area contributed by atoms with Gasteiger partial charge in [-0.3, -0.25) is 9.59 Å². The van der Waals surface area contributed by atoms with Gasteiger partial charge in [0.25, 0.3) is 5.91 Å². The molecule has 0 spiro atoms. The third-order valence-corrected chi connectivity index (χ3v) is 6.90. The van der Waals surface area contributed by atoms with Gasteiger partial charge in [0.1, 0.15) is 5.52 Å². The highest BCUT2D eigenvalue weighted by atomic mass is 16.3. The lowest BCUT2D eigenvalue weighted by Gasteiger charge is -2.31. The lowest BCUT2D eigenvalue weighted by molar-refractivity contribution is -0.122. The molecule has 0 unspecified atom stereocenters. The first kappa shape index (κ1) is 22.4. The van der Waals surface area contributed by atoms with Crippen LogP contribution in [0.1, 0.15) is 59.8 Å². The van der Waals surface area contributed by atoms with E-state index in [0.29, 0.717) is 43.5 Å². The summed E-state index contributed by atoms with van der Waals surface area (Å²) in [5, 5.41) is 3.04. The molecule has 0 atom stereocenters. The number of anilines is 1. The molecule has 2 aliphatic rings. The Balaban J connectivity index is 1.09. The third kappa shape index (κ3) is 5.08. The zero-order valence-electron chi connectivity index (χ0n) is 19.9. The van der Waals surface area contributed by atoms with Gasteiger partial charge in [0.15, 0.2) is 11.5 Å². The Bertz CT molecular complexity index is 1170. The van der Waals surface area contributed by atoms with Crippen LogP contribution in [0.2, 0.25) is 0 Å². The Labute approximate surface area is 200 Å². The number of hydrogen-bond donors (Lipinski definition) is 1. The SMILES string of the molecule is CN(C)c1ccc(CNC(=O)CC2CCN(C(=O)c3ccc4oc(C5CC5)nc4c3)CC2)cc1. The number of amides is 2. The Morgan fingerprint density at radius 1 is 1.06 bits per heavy atom. The van der Waals surface area contributed by atoms with Crippen molar-refractivity contribution in [3.05, 3.63) is 59.5 Å². The number of rotatable bonds is 7. The molecule has 1 aliphatic carbocycles. The summed E-state index contributed by atoms with van der Waals surface area (Å²) in [6.45, 7) is 1.89. The molecular formula is C27H32N4O3. The van der Waals surface area contributed by atoms with E-state index in [0.717, 1.165) is 53.9 Å². The molecule has 2 heterocycles. The van der Waals surface area contributed by atoms with Crippen LogP contribution in [0.15, 0.2) is 46.9 Å². The molecule has 1 saturated carbocycles. The zero-order valence-corrected chi connectivity index (χ0v) is 19.9. The highest BCUT2D eigenvalue weighted by molar-refractivity contribution is 5.97. The number of benzene rings is 2. The molecule has 1 N–H and O–H groups in total. The number of fused-ring (bicyclic) bond motifs is 1. The van der Waals surface area contributed by atoms with Crippen LogP contribution in [0.4, 0.5) is 5.69 Å². The van der Waals surface area contributed by atoms with Gasteiger partial charge >= 0.3 is 0 Å². The number of likely N-dealkylation sites (tertiary alicyclic amines) is 1. The van der Waals surface area contributed by atoms with Crippen molar-refractivity contribution in [3.63, 3.8) is 0 Å². The minimum atomic E-state index is 0.0296. The second kappa shape index (κ2) is 9.49. The standard InChI is InChI=1S/C27H32N4O3/c1-30(2)22-8-3-19(4-9-22)17-28-25(32)15-18-11-13-31(14-12-18)27(33)21-7-10-24-23(16-21)29-26(34-24)20-5-6-20/h3-4,7-10,16,18,20H,5-6,11-15,17H2,1-2H3,(H,28,32). The van der Waals surface area contributed by atoms with Gasteiger partial charge in [-0.05, 0) is 67.5 Å². The molecule has 0 radical (unpaired) electrons. The summed E-state index contributed by atoms with van der Waals surface area (Å²) in [4.78, 5) is 34.0. The number of carbonyl (C=O) groups is 2. The lowest BCUT2D eigenvalue weighted by Crippen LogP contribution is -2.39. The minimum Gasteiger partial charge on any atom is -0.440 e. The lowest BCUT2D eigenvalue weighted by atomic mass is 9.92. The second-order valence-electron chi connectivity index (χ2n) is 9.79. The van der Waals surface area contributed by atoms with Crippen molar-refractivity contribution in [2.24, 2.45) is 5.92 Å². The van der Waals surface area contributed by atoms with Crippen LogP contribution in [0.3, 0.4) is 0 Å². The van der Waals surface area contributed by atoms with E-state index in [4.69, 9.17) is 4.42 Å². The van der Waals surface area contributed by atoms with Gasteiger partial charge in [0, 0.05) is 57.3 Å². The quantitative estimate of drug-likeness (QED) is 0.568. The second-order valence-corrected chi connectivity index (χ2v) is 9.79. The zero-order chi connectivity index (χ0) is 23.7. The van der Waals surface area contributed by atoms with E-state index in [1.165, 1.54) is 0 Å². The first-order valence-corrected chi connectivity index (χ1v) is 12.2. The number of oxazole rings is 1. The number of nitrogens with zero attached hydrogens (tertiary/aromatic N) is 3. The largest absolute Gasteiger partial charge is 0.440 e. The molecule has 178 valence electrons. The molecule has 1 aromatic heterocycles. The molecule has 2 amide bonds. The summed E-state index contributed by atoms with van der Waals surface area (Å²) in [7, 11) is 4.02. The summed E-state index contributed by atoms with van der Waals surface area (Å²) < 4.78 is 5.81. The number of nitrogens with one attached hydrogen (secondary N) is 1. The molecule has 2 fully saturated rings. The maximum atomic E-state index is 13.0. The summed E-state index contributed by atoms with van der Waals surface area (Å²) in [6, 6.07) is 13.7. The summed E-state index contributed by atoms with van der Waals surface area (Å²) in [5.41, 5.74) is 4.39. The minimum absolute atomic E-state index is 0.0296. The van der Waals surface area contributed by atoms with Crippen molar-refractivity contribution in [2.75, 3.05) is 32.1 Å². The van der Waals surface area contributed by atoms with E-state index in [1.807, 2.05) is 49.3 Å². The fraction of sp³-hybridized carbons (Fsp3) is 0.444. The van der Waals surface area contributed by atoms with Crippen molar-refractivity contribution < 1.29 is 14.0 Å². The van der Waals surface area contributed by atoms with Crippen molar-refractivity contribution in [1.82, 2.24) is 15.2 Å². The Morgan fingerprint density at radius 2 is 1.79 bits per heavy atom. The van der Waals surface area contributed by atoms with Crippen LogP contribution < -0.4 is 10.2 Å². The molecule has 5 rings (SSSR count). The maximum Gasteiger partial charge on any atom is 0.253 e. The summed E-state index contributed by atoms with van der Waals surface area (Å²) in [6.07, 6.45) is 4.46. The molecule has 0 bridgehead atoms. The van der Waals surface area contributed by atoms with Crippen LogP contribution in [0.5, 0.6) is 0 Å². The highest BCUT2D eigenvalue weighted by Crippen LogP contribution is 2.40. The third-order valence-electron chi connectivity index (χ3n) is 6.90. The number of carbonyl (C=O) groups excluding carboxylic acids is 2. The molecular weight excluding hydrogens is 428 g/mol. The number of aromatic nitrogens is 1. The van der Waals surface area contributed by atoms with Gasteiger partial charge in [-0.2, -0.15) is 0 Å². The van der Waals surface area contributed by atoms with E-state index in [-0.39, 0.29) is 11.8 Å². The van der Waals surface area contributed by atoms with Gasteiger partial charge in [-0.1, -0.05) is 12.1 Å². The van der Waals surface area contributed by atoms with Crippen LogP contribution in [-0.2, 0) is 11.3 Å². The summed E-state index contributed by atoms with van der Waals surface area (Å²) >= 11 is 0. The fourth-order valence-corrected chi connectivity index (χ4v) is 4.55. The summed E-state index contributed by atoms with van der Waals surface area (Å²) in [5.74, 6) is 1.65. The van der Waals surface area contributed by atoms with Gasteiger partial charge in [0.2, 0.25) is 5.91 Å². The monoisotopic (exact) mass is 460 g/mol. The maximum absolute atomic E-state index is 13.0. The molecule has 1 aliphatic heterocycles. The van der Waals surface area contributed by atoms with Gasteiger partial charge < -0.3 is 19.5 Å². The van der Waals surface area contributed by atoms with Crippen molar-refractivity contribution >= 4 is 28.6 Å². The average molecular weight is 461 g/mol. The smallest absolute Gasteiger partial charge is 0.253 e. The van der Waals surface area contributed by atoms with Crippen molar-refractivity contribution in [2.45, 2.75) is 44.6 Å². The van der Waals surface area contributed by atoms with Crippen LogP contribution in [-0.4, -0.2) is 48.9 Å². The predicted octanol–water partition coefficient (Wildman–Crippen LogP) is 4.33. The Hall–Kier alpha value is -3.35. The molecule has 1 saturated heterocycles. The van der Waals surface area contributed by atoms with Crippen molar-refractivity contribution in [1.29, 1.82) is 0 Å². The number of hydrogen-bond acceptors (Lipinski definition) is 5. The molecule has 3 aromatic rings. The predicted molar refractivity (Wildman–Crippen MR) is 132 cm³/mol. The van der Waals surface area contributed by atoms with Crippen molar-refractivity contribution in [3.8, 4) is 0 Å².